The van der Waals surface area contributed by atoms with E-state index in [2.05, 4.69) is 18.2 Å². The summed E-state index contributed by atoms with van der Waals surface area (Å²) in [6, 6.07) is 18.0. The molecule has 20 heavy (non-hydrogen) atoms. The van der Waals surface area contributed by atoms with Gasteiger partial charge in [-0.25, -0.2) is 0 Å². The summed E-state index contributed by atoms with van der Waals surface area (Å²) in [5, 5.41) is 0. The summed E-state index contributed by atoms with van der Waals surface area (Å²) < 4.78 is 0. The van der Waals surface area contributed by atoms with Gasteiger partial charge in [-0.2, -0.15) is 0 Å². The molecule has 0 bridgehead atoms. The van der Waals surface area contributed by atoms with Crippen molar-refractivity contribution >= 4 is 11.9 Å². The molecule has 0 N–H and O–H groups in total. The molecule has 98 valence electrons. The van der Waals surface area contributed by atoms with Crippen LogP contribution in [0.3, 0.4) is 0 Å². The first-order chi connectivity index (χ1) is 9.74. The van der Waals surface area contributed by atoms with Crippen molar-refractivity contribution in [2.24, 2.45) is 0 Å². The van der Waals surface area contributed by atoms with E-state index in [0.29, 0.717) is 0 Å². The Morgan fingerprint density at radius 3 is 2.45 bits per heavy atom. The largest absolute Gasteiger partial charge is 0.289 e. The molecule has 1 aliphatic rings. The topological polar surface area (TPSA) is 17.1 Å². The predicted molar refractivity (Wildman–Crippen MR) is 82.7 cm³/mol. The van der Waals surface area contributed by atoms with Gasteiger partial charge in [0, 0.05) is 17.6 Å². The summed E-state index contributed by atoms with van der Waals surface area (Å²) in [6.07, 6.45) is 4.85. The molecule has 0 radical (unpaired) electrons. The second-order valence-electron chi connectivity index (χ2n) is 5.13. The maximum absolute atomic E-state index is 12.3. The zero-order chi connectivity index (χ0) is 13.9. The maximum atomic E-state index is 12.3. The van der Waals surface area contributed by atoms with Crippen LogP contribution >= 0.6 is 0 Å². The van der Waals surface area contributed by atoms with E-state index >= 15 is 0 Å². The van der Waals surface area contributed by atoms with E-state index in [0.717, 1.165) is 34.3 Å². The second-order valence-corrected chi connectivity index (χ2v) is 5.13. The van der Waals surface area contributed by atoms with Crippen LogP contribution in [0.25, 0.3) is 6.08 Å². The Morgan fingerprint density at radius 1 is 1.00 bits per heavy atom. The van der Waals surface area contributed by atoms with Gasteiger partial charge in [0.15, 0.2) is 5.78 Å². The van der Waals surface area contributed by atoms with E-state index in [1.165, 1.54) is 0 Å². The van der Waals surface area contributed by atoms with Crippen LogP contribution in [0.2, 0.25) is 0 Å². The van der Waals surface area contributed by atoms with Gasteiger partial charge in [0.1, 0.15) is 0 Å². The smallest absolute Gasteiger partial charge is 0.189 e. The molecule has 0 unspecified atom stereocenters. The van der Waals surface area contributed by atoms with Crippen molar-refractivity contribution in [3.05, 3.63) is 88.5 Å². The number of rotatable bonds is 2. The lowest BCUT2D eigenvalue weighted by Crippen LogP contribution is -1.95. The van der Waals surface area contributed by atoms with Crippen molar-refractivity contribution in [2.75, 3.05) is 0 Å². The van der Waals surface area contributed by atoms with Crippen LogP contribution in [0, 0.1) is 0 Å². The highest BCUT2D eigenvalue weighted by molar-refractivity contribution is 6.13. The first kappa shape index (κ1) is 12.6. The van der Waals surface area contributed by atoms with Gasteiger partial charge in [-0.3, -0.25) is 4.79 Å². The van der Waals surface area contributed by atoms with Crippen molar-refractivity contribution in [1.29, 1.82) is 0 Å². The molecule has 0 aromatic heterocycles. The molecule has 0 spiro atoms. The summed E-state index contributed by atoms with van der Waals surface area (Å²) in [4.78, 5) is 12.3. The fraction of sp³-hybridized carbons (Fsp3) is 0.105. The van der Waals surface area contributed by atoms with Gasteiger partial charge in [-0.15, -0.1) is 0 Å². The van der Waals surface area contributed by atoms with Crippen molar-refractivity contribution in [1.82, 2.24) is 0 Å². The molecule has 1 heteroatoms. The normalized spacial score (nSPS) is 16.6. The molecule has 0 amide bonds. The third kappa shape index (κ3) is 2.48. The molecule has 0 aliphatic heterocycles. The zero-order valence-corrected chi connectivity index (χ0v) is 11.5. The van der Waals surface area contributed by atoms with E-state index < -0.39 is 0 Å². The highest BCUT2D eigenvalue weighted by atomic mass is 16.1. The number of hydrogen-bond donors (Lipinski definition) is 0. The van der Waals surface area contributed by atoms with Crippen molar-refractivity contribution in [2.45, 2.75) is 13.3 Å². The van der Waals surface area contributed by atoms with Gasteiger partial charge in [-0.05, 0) is 18.1 Å². The minimum Gasteiger partial charge on any atom is -0.289 e. The Labute approximate surface area is 119 Å². The molecular weight excluding hydrogens is 244 g/mol. The van der Waals surface area contributed by atoms with Gasteiger partial charge >= 0.3 is 0 Å². The van der Waals surface area contributed by atoms with Crippen LogP contribution in [-0.2, 0) is 6.42 Å². The molecule has 0 heterocycles. The Bertz CT molecular complexity index is 706. The van der Waals surface area contributed by atoms with Gasteiger partial charge < -0.3 is 0 Å². The summed E-state index contributed by atoms with van der Waals surface area (Å²) in [5.41, 5.74) is 5.13. The SMILES string of the molecule is CC(/C=C1/Cc2ccccc2C1=O)=C\c1ccccc1. The number of allylic oxidation sites excluding steroid dienone is 3. The highest BCUT2D eigenvalue weighted by Gasteiger charge is 2.23. The standard InChI is InChI=1S/C19H16O/c1-14(11-15-7-3-2-4-8-15)12-17-13-16-9-5-6-10-18(16)19(17)20/h2-12H,13H2,1H3/b14-11+,17-12-. The number of benzene rings is 2. The molecule has 0 fully saturated rings. The van der Waals surface area contributed by atoms with Crippen LogP contribution in [0.4, 0.5) is 0 Å². The van der Waals surface area contributed by atoms with Crippen molar-refractivity contribution < 1.29 is 4.79 Å². The molecule has 0 saturated heterocycles. The molecule has 0 atom stereocenters. The fourth-order valence-corrected chi connectivity index (χ4v) is 2.60. The highest BCUT2D eigenvalue weighted by Crippen LogP contribution is 2.27. The third-order valence-corrected chi connectivity index (χ3v) is 3.53. The Hall–Kier alpha value is -2.41. The zero-order valence-electron chi connectivity index (χ0n) is 11.5. The van der Waals surface area contributed by atoms with Crippen LogP contribution in [-0.4, -0.2) is 5.78 Å². The molecule has 1 aliphatic carbocycles. The lowest BCUT2D eigenvalue weighted by molar-refractivity contribution is 0.103. The average Bonchev–Trinajstić information content (AvgIpc) is 2.77. The van der Waals surface area contributed by atoms with Gasteiger partial charge in [0.05, 0.1) is 0 Å². The Kier molecular flexibility index (Phi) is 3.34. The van der Waals surface area contributed by atoms with E-state index in [9.17, 15) is 4.79 Å². The number of hydrogen-bond acceptors (Lipinski definition) is 1. The first-order valence-electron chi connectivity index (χ1n) is 6.80. The van der Waals surface area contributed by atoms with Crippen LogP contribution < -0.4 is 0 Å². The van der Waals surface area contributed by atoms with Gasteiger partial charge in [-0.1, -0.05) is 72.3 Å². The molecule has 2 aromatic rings. The number of carbonyl (C=O) groups excluding carboxylic acids is 1. The van der Waals surface area contributed by atoms with Crippen molar-refractivity contribution in [3.63, 3.8) is 0 Å². The minimum atomic E-state index is 0.168. The number of carbonyl (C=O) groups is 1. The monoisotopic (exact) mass is 260 g/mol. The summed E-state index contributed by atoms with van der Waals surface area (Å²) in [7, 11) is 0. The van der Waals surface area contributed by atoms with Crippen LogP contribution in [0.15, 0.2) is 71.8 Å². The van der Waals surface area contributed by atoms with E-state index in [4.69, 9.17) is 0 Å². The number of Topliss-reactive ketones (excluding diaryl/α,β-unsaturated/α-hetero) is 1. The third-order valence-electron chi connectivity index (χ3n) is 3.53. The predicted octanol–water partition coefficient (Wildman–Crippen LogP) is 4.46. The number of fused-ring (bicyclic) bond motifs is 1. The van der Waals surface area contributed by atoms with E-state index in [-0.39, 0.29) is 5.78 Å². The van der Waals surface area contributed by atoms with Crippen LogP contribution in [0.5, 0.6) is 0 Å². The van der Waals surface area contributed by atoms with Crippen molar-refractivity contribution in [3.8, 4) is 0 Å². The molecule has 0 saturated carbocycles. The van der Waals surface area contributed by atoms with Gasteiger partial charge in [0.2, 0.25) is 0 Å². The lowest BCUT2D eigenvalue weighted by Gasteiger charge is -1.98. The lowest BCUT2D eigenvalue weighted by atomic mass is 10.1. The van der Waals surface area contributed by atoms with E-state index in [1.807, 2.05) is 55.5 Å². The quantitative estimate of drug-likeness (QED) is 0.729. The Morgan fingerprint density at radius 2 is 1.70 bits per heavy atom. The number of ketones is 1. The fourth-order valence-electron chi connectivity index (χ4n) is 2.60. The summed E-state index contributed by atoms with van der Waals surface area (Å²) in [6.45, 7) is 2.04. The maximum Gasteiger partial charge on any atom is 0.189 e. The molecule has 1 nitrogen and oxygen atoms in total. The molecule has 2 aromatic carbocycles. The summed E-state index contributed by atoms with van der Waals surface area (Å²) >= 11 is 0. The first-order valence-corrected chi connectivity index (χ1v) is 6.80. The minimum absolute atomic E-state index is 0.168. The van der Waals surface area contributed by atoms with E-state index in [1.54, 1.807) is 0 Å². The molecular formula is C19H16O. The van der Waals surface area contributed by atoms with Gasteiger partial charge in [0.25, 0.3) is 0 Å². The second kappa shape index (κ2) is 5.30. The average molecular weight is 260 g/mol. The molecule has 3 rings (SSSR count). The summed E-state index contributed by atoms with van der Waals surface area (Å²) in [5.74, 6) is 0.168. The Balaban J connectivity index is 1.88. The van der Waals surface area contributed by atoms with Crippen LogP contribution in [0.1, 0.15) is 28.4 Å².